The minimum atomic E-state index is 0.512. The Morgan fingerprint density at radius 2 is 2.36 bits per heavy atom. The van der Waals surface area contributed by atoms with Gasteiger partial charge in [-0.3, -0.25) is 0 Å². The summed E-state index contributed by atoms with van der Waals surface area (Å²) < 4.78 is 0. The summed E-state index contributed by atoms with van der Waals surface area (Å²) in [6.07, 6.45) is 2.37. The number of nitrogens with one attached hydrogen (secondary N) is 1. The molecule has 1 heterocycles. The van der Waals surface area contributed by atoms with Crippen molar-refractivity contribution >= 4 is 11.3 Å². The van der Waals surface area contributed by atoms with Crippen molar-refractivity contribution < 1.29 is 0 Å². The van der Waals surface area contributed by atoms with Gasteiger partial charge in [-0.05, 0) is 18.9 Å². The Balaban J connectivity index is 1.97. The molecule has 1 N–H and O–H groups in total. The van der Waals surface area contributed by atoms with Gasteiger partial charge in [0.05, 0.1) is 10.7 Å². The van der Waals surface area contributed by atoms with Gasteiger partial charge in [-0.15, -0.1) is 11.3 Å². The van der Waals surface area contributed by atoms with Gasteiger partial charge in [0.1, 0.15) is 0 Å². The second-order valence-corrected chi connectivity index (χ2v) is 5.67. The minimum absolute atomic E-state index is 0.512. The van der Waals surface area contributed by atoms with Gasteiger partial charge >= 0.3 is 0 Å². The van der Waals surface area contributed by atoms with E-state index in [0.717, 1.165) is 18.9 Å². The molecule has 1 unspecified atom stereocenters. The summed E-state index contributed by atoms with van der Waals surface area (Å²) in [6.45, 7) is 5.68. The van der Waals surface area contributed by atoms with Gasteiger partial charge in [0.25, 0.3) is 0 Å². The first-order valence-electron chi connectivity index (χ1n) is 5.22. The fourth-order valence-electron chi connectivity index (χ4n) is 1.74. The van der Waals surface area contributed by atoms with Crippen LogP contribution in [0.1, 0.15) is 36.9 Å². The Hall–Kier alpha value is -0.410. The summed E-state index contributed by atoms with van der Waals surface area (Å²) in [5, 5.41) is 6.71. The number of thiazole rings is 1. The number of likely N-dealkylation sites (N-methyl/N-ethyl adjacent to an activating group) is 1. The van der Waals surface area contributed by atoms with Gasteiger partial charge in [0.15, 0.2) is 0 Å². The van der Waals surface area contributed by atoms with Crippen molar-refractivity contribution in [1.29, 1.82) is 0 Å². The quantitative estimate of drug-likeness (QED) is 0.825. The van der Waals surface area contributed by atoms with Crippen LogP contribution >= 0.6 is 11.3 Å². The Morgan fingerprint density at radius 1 is 1.64 bits per heavy atom. The maximum absolute atomic E-state index is 4.68. The third-order valence-corrected chi connectivity index (χ3v) is 4.02. The monoisotopic (exact) mass is 210 g/mol. The number of hydrogen-bond acceptors (Lipinski definition) is 3. The van der Waals surface area contributed by atoms with E-state index in [2.05, 4.69) is 29.5 Å². The maximum atomic E-state index is 4.68. The molecule has 0 bridgehead atoms. The fourth-order valence-corrected chi connectivity index (χ4v) is 2.90. The van der Waals surface area contributed by atoms with Gasteiger partial charge in [-0.2, -0.15) is 0 Å². The predicted octanol–water partition coefficient (Wildman–Crippen LogP) is 2.42. The highest BCUT2D eigenvalue weighted by molar-refractivity contribution is 7.09. The first-order chi connectivity index (χ1) is 6.63. The standard InChI is InChI=1S/C11H18N2S/c1-11(2)6-9(11)10-13-8(7-14-10)4-5-12-3/h7,9,12H,4-6H2,1-3H3. The van der Waals surface area contributed by atoms with E-state index in [0.29, 0.717) is 5.41 Å². The molecular formula is C11H18N2S. The predicted molar refractivity (Wildman–Crippen MR) is 60.9 cm³/mol. The van der Waals surface area contributed by atoms with Crippen LogP contribution in [0.3, 0.4) is 0 Å². The van der Waals surface area contributed by atoms with Gasteiger partial charge in [0, 0.05) is 24.3 Å². The van der Waals surface area contributed by atoms with Crippen LogP contribution in [-0.4, -0.2) is 18.6 Å². The molecule has 2 nitrogen and oxygen atoms in total. The summed E-state index contributed by atoms with van der Waals surface area (Å²) in [5.41, 5.74) is 1.76. The fraction of sp³-hybridized carbons (Fsp3) is 0.727. The molecular weight excluding hydrogens is 192 g/mol. The minimum Gasteiger partial charge on any atom is -0.319 e. The van der Waals surface area contributed by atoms with E-state index in [1.54, 1.807) is 0 Å². The summed E-state index contributed by atoms with van der Waals surface area (Å²) in [7, 11) is 1.98. The Kier molecular flexibility index (Phi) is 2.62. The molecule has 0 saturated heterocycles. The molecule has 3 heteroatoms. The van der Waals surface area contributed by atoms with Gasteiger partial charge < -0.3 is 5.32 Å². The van der Waals surface area contributed by atoms with Crippen molar-refractivity contribution in [1.82, 2.24) is 10.3 Å². The second kappa shape index (κ2) is 3.63. The van der Waals surface area contributed by atoms with E-state index in [-0.39, 0.29) is 0 Å². The Bertz CT molecular complexity index is 317. The Labute approximate surface area is 89.8 Å². The molecule has 14 heavy (non-hydrogen) atoms. The third kappa shape index (κ3) is 1.98. The van der Waals surface area contributed by atoms with Gasteiger partial charge in [-0.1, -0.05) is 13.8 Å². The lowest BCUT2D eigenvalue weighted by molar-refractivity contribution is 0.619. The van der Waals surface area contributed by atoms with Crippen molar-refractivity contribution in [2.75, 3.05) is 13.6 Å². The average Bonchev–Trinajstić information content (AvgIpc) is 2.63. The van der Waals surface area contributed by atoms with Crippen LogP contribution in [0.2, 0.25) is 0 Å². The molecule has 1 fully saturated rings. The number of nitrogens with zero attached hydrogens (tertiary/aromatic N) is 1. The molecule has 0 spiro atoms. The summed E-state index contributed by atoms with van der Waals surface area (Å²) in [6, 6.07) is 0. The molecule has 1 aliphatic carbocycles. The maximum Gasteiger partial charge on any atom is 0.0964 e. The van der Waals surface area contributed by atoms with E-state index >= 15 is 0 Å². The zero-order chi connectivity index (χ0) is 10.2. The number of rotatable bonds is 4. The summed E-state index contributed by atoms with van der Waals surface area (Å²) in [4.78, 5) is 4.68. The molecule has 1 saturated carbocycles. The van der Waals surface area contributed by atoms with E-state index in [1.807, 2.05) is 18.4 Å². The normalized spacial score (nSPS) is 23.8. The van der Waals surface area contributed by atoms with Gasteiger partial charge in [0.2, 0.25) is 0 Å². The molecule has 0 amide bonds. The van der Waals surface area contributed by atoms with Crippen molar-refractivity contribution in [3.8, 4) is 0 Å². The summed E-state index contributed by atoms with van der Waals surface area (Å²) >= 11 is 1.83. The summed E-state index contributed by atoms with van der Waals surface area (Å²) in [5.74, 6) is 0.732. The zero-order valence-electron chi connectivity index (χ0n) is 9.13. The van der Waals surface area contributed by atoms with Crippen LogP contribution < -0.4 is 5.32 Å². The Morgan fingerprint density at radius 3 is 2.93 bits per heavy atom. The number of aromatic nitrogens is 1. The van der Waals surface area contributed by atoms with E-state index in [9.17, 15) is 0 Å². The molecule has 1 aromatic rings. The molecule has 0 aromatic carbocycles. The molecule has 1 atom stereocenters. The number of hydrogen-bond donors (Lipinski definition) is 1. The lowest BCUT2D eigenvalue weighted by Gasteiger charge is -1.98. The highest BCUT2D eigenvalue weighted by Gasteiger charge is 2.48. The first kappa shape index (κ1) is 10.1. The highest BCUT2D eigenvalue weighted by atomic mass is 32.1. The van der Waals surface area contributed by atoms with Crippen molar-refractivity contribution in [2.45, 2.75) is 32.6 Å². The van der Waals surface area contributed by atoms with Crippen molar-refractivity contribution in [3.63, 3.8) is 0 Å². The molecule has 1 aliphatic rings. The lowest BCUT2D eigenvalue weighted by atomic mass is 10.1. The van der Waals surface area contributed by atoms with Crippen LogP contribution in [0.4, 0.5) is 0 Å². The van der Waals surface area contributed by atoms with Gasteiger partial charge in [-0.25, -0.2) is 4.98 Å². The first-order valence-corrected chi connectivity index (χ1v) is 6.10. The van der Waals surface area contributed by atoms with Crippen molar-refractivity contribution in [2.24, 2.45) is 5.41 Å². The molecule has 1 aromatic heterocycles. The van der Waals surface area contributed by atoms with Crippen LogP contribution in [0.25, 0.3) is 0 Å². The third-order valence-electron chi connectivity index (χ3n) is 3.01. The van der Waals surface area contributed by atoms with E-state index in [1.165, 1.54) is 17.1 Å². The van der Waals surface area contributed by atoms with Crippen LogP contribution in [0.15, 0.2) is 5.38 Å². The smallest absolute Gasteiger partial charge is 0.0964 e. The SMILES string of the molecule is CNCCc1csc(C2CC2(C)C)n1. The van der Waals surface area contributed by atoms with E-state index in [4.69, 9.17) is 0 Å². The van der Waals surface area contributed by atoms with Crippen LogP contribution in [-0.2, 0) is 6.42 Å². The lowest BCUT2D eigenvalue weighted by Crippen LogP contribution is -2.10. The average molecular weight is 210 g/mol. The van der Waals surface area contributed by atoms with E-state index < -0.39 is 0 Å². The topological polar surface area (TPSA) is 24.9 Å². The van der Waals surface area contributed by atoms with Crippen LogP contribution in [0.5, 0.6) is 0 Å². The zero-order valence-corrected chi connectivity index (χ0v) is 9.95. The molecule has 0 radical (unpaired) electrons. The van der Waals surface area contributed by atoms with Crippen LogP contribution in [0, 0.1) is 5.41 Å². The largest absolute Gasteiger partial charge is 0.319 e. The second-order valence-electron chi connectivity index (χ2n) is 4.78. The molecule has 0 aliphatic heterocycles. The molecule has 2 rings (SSSR count). The highest BCUT2D eigenvalue weighted by Crippen LogP contribution is 2.59. The van der Waals surface area contributed by atoms with Crippen molar-refractivity contribution in [3.05, 3.63) is 16.1 Å². The molecule has 78 valence electrons.